The fourth-order valence-corrected chi connectivity index (χ4v) is 5.03. The minimum atomic E-state index is -0.618. The van der Waals surface area contributed by atoms with Crippen LogP contribution in [0.3, 0.4) is 0 Å². The van der Waals surface area contributed by atoms with Gasteiger partial charge in [-0.1, -0.05) is 49.8 Å². The molecular weight excluding hydrogens is 272 g/mol. The van der Waals surface area contributed by atoms with Gasteiger partial charge in [0.15, 0.2) is 0 Å². The monoisotopic (exact) mass is 302 g/mol. The summed E-state index contributed by atoms with van der Waals surface area (Å²) in [5, 5.41) is 9.81. The van der Waals surface area contributed by atoms with Gasteiger partial charge in [0.1, 0.15) is 0 Å². The van der Waals surface area contributed by atoms with E-state index < -0.39 is 11.4 Å². The van der Waals surface area contributed by atoms with Crippen LogP contribution in [0.1, 0.15) is 59.3 Å². The lowest BCUT2D eigenvalue weighted by Gasteiger charge is -2.57. The molecule has 4 atom stereocenters. The van der Waals surface area contributed by atoms with E-state index in [4.69, 9.17) is 0 Å². The Morgan fingerprint density at radius 2 is 2.09 bits per heavy atom. The topological polar surface area (TPSA) is 37.3 Å². The summed E-state index contributed by atoms with van der Waals surface area (Å²) in [6.45, 7) is 14.5. The first kappa shape index (κ1) is 17.1. The Morgan fingerprint density at radius 1 is 1.41 bits per heavy atom. The smallest absolute Gasteiger partial charge is 0.309 e. The number of hydrogen-bond donors (Lipinski definition) is 1. The van der Waals surface area contributed by atoms with E-state index in [1.165, 1.54) is 11.1 Å². The highest BCUT2D eigenvalue weighted by Gasteiger charge is 2.57. The third-order valence-corrected chi connectivity index (χ3v) is 6.51. The third kappa shape index (κ3) is 2.68. The molecule has 1 unspecified atom stereocenters. The molecule has 1 N–H and O–H groups in total. The van der Waals surface area contributed by atoms with Gasteiger partial charge in [-0.3, -0.25) is 4.79 Å². The average molecular weight is 302 g/mol. The second-order valence-corrected chi connectivity index (χ2v) is 7.77. The summed E-state index contributed by atoms with van der Waals surface area (Å²) in [6.07, 6.45) is 9.95. The van der Waals surface area contributed by atoms with Gasteiger partial charge in [-0.15, -0.1) is 0 Å². The van der Waals surface area contributed by atoms with Crippen molar-refractivity contribution in [3.8, 4) is 0 Å². The largest absolute Gasteiger partial charge is 0.481 e. The van der Waals surface area contributed by atoms with Crippen molar-refractivity contribution < 1.29 is 9.90 Å². The molecule has 0 amide bonds. The second kappa shape index (κ2) is 6.06. The van der Waals surface area contributed by atoms with E-state index in [2.05, 4.69) is 33.1 Å². The van der Waals surface area contributed by atoms with Crippen LogP contribution in [0.2, 0.25) is 0 Å². The molecule has 0 bridgehead atoms. The molecule has 0 aromatic rings. The Balaban J connectivity index is 2.36. The Morgan fingerprint density at radius 3 is 2.68 bits per heavy atom. The van der Waals surface area contributed by atoms with E-state index in [0.717, 1.165) is 38.5 Å². The molecule has 0 radical (unpaired) electrons. The Kier molecular flexibility index (Phi) is 4.70. The van der Waals surface area contributed by atoms with Crippen molar-refractivity contribution in [2.75, 3.05) is 0 Å². The van der Waals surface area contributed by atoms with Gasteiger partial charge in [0, 0.05) is 0 Å². The predicted molar refractivity (Wildman–Crippen MR) is 91.6 cm³/mol. The van der Waals surface area contributed by atoms with Gasteiger partial charge in [-0.25, -0.2) is 0 Å². The summed E-state index contributed by atoms with van der Waals surface area (Å²) in [6, 6.07) is 0. The summed E-state index contributed by atoms with van der Waals surface area (Å²) in [4.78, 5) is 11.9. The number of aliphatic carboxylic acids is 1. The highest BCUT2D eigenvalue weighted by molar-refractivity contribution is 5.75. The summed E-state index contributed by atoms with van der Waals surface area (Å²) < 4.78 is 0. The maximum Gasteiger partial charge on any atom is 0.309 e. The molecule has 2 rings (SSSR count). The lowest BCUT2D eigenvalue weighted by atomic mass is 9.46. The molecule has 0 aromatic carbocycles. The van der Waals surface area contributed by atoms with Gasteiger partial charge in [0.2, 0.25) is 0 Å². The zero-order chi connectivity index (χ0) is 16.5. The van der Waals surface area contributed by atoms with Crippen LogP contribution < -0.4 is 0 Å². The van der Waals surface area contributed by atoms with Gasteiger partial charge in [0.25, 0.3) is 0 Å². The molecule has 2 heteroatoms. The van der Waals surface area contributed by atoms with E-state index in [1.807, 2.05) is 13.0 Å². The molecule has 0 spiro atoms. The first-order chi connectivity index (χ1) is 10.3. The van der Waals surface area contributed by atoms with E-state index in [0.29, 0.717) is 5.92 Å². The van der Waals surface area contributed by atoms with Gasteiger partial charge < -0.3 is 5.11 Å². The number of rotatable bonds is 4. The number of carboxylic acid groups (broad SMARTS) is 1. The number of allylic oxidation sites excluding steroid dienone is 4. The van der Waals surface area contributed by atoms with Crippen LogP contribution >= 0.6 is 0 Å². The minimum Gasteiger partial charge on any atom is -0.481 e. The summed E-state index contributed by atoms with van der Waals surface area (Å²) in [7, 11) is 0. The van der Waals surface area contributed by atoms with Crippen LogP contribution in [0.5, 0.6) is 0 Å². The van der Waals surface area contributed by atoms with Crippen LogP contribution in [0.4, 0.5) is 0 Å². The van der Waals surface area contributed by atoms with Crippen molar-refractivity contribution >= 4 is 5.97 Å². The lowest BCUT2D eigenvalue weighted by molar-refractivity contribution is -0.164. The molecule has 2 nitrogen and oxygen atoms in total. The first-order valence-corrected chi connectivity index (χ1v) is 8.46. The first-order valence-electron chi connectivity index (χ1n) is 8.46. The Bertz CT molecular complexity index is 516. The SMILES string of the molecule is C=C/C(C)=C/C[C@H]1C(=C)CCC2[C@]1(C)CCC[C@]2(C)C(=O)O. The molecule has 0 aliphatic heterocycles. The van der Waals surface area contributed by atoms with Crippen molar-refractivity contribution in [2.45, 2.75) is 59.3 Å². The van der Waals surface area contributed by atoms with Gasteiger partial charge in [-0.2, -0.15) is 0 Å². The summed E-state index contributed by atoms with van der Waals surface area (Å²) in [5.74, 6) is 0.0202. The van der Waals surface area contributed by atoms with Gasteiger partial charge in [-0.05, 0) is 63.2 Å². The average Bonchev–Trinajstić information content (AvgIpc) is 2.45. The standard InChI is InChI=1S/C20H30O2/c1-6-14(2)8-10-16-15(3)9-11-17-19(16,4)12-7-13-20(17,5)18(21)22/h6,8,16-17H,1,3,7,9-13H2,2,4-5H3,(H,21,22)/b14-8+/t16-,17?,19+,20-/m0/s1. The molecule has 2 saturated carbocycles. The Labute approximate surface area is 135 Å². The van der Waals surface area contributed by atoms with Crippen molar-refractivity contribution in [1.82, 2.24) is 0 Å². The third-order valence-electron chi connectivity index (χ3n) is 6.51. The molecule has 22 heavy (non-hydrogen) atoms. The molecule has 2 aliphatic rings. The second-order valence-electron chi connectivity index (χ2n) is 7.77. The van der Waals surface area contributed by atoms with Crippen LogP contribution in [-0.4, -0.2) is 11.1 Å². The zero-order valence-electron chi connectivity index (χ0n) is 14.3. The summed E-state index contributed by atoms with van der Waals surface area (Å²) >= 11 is 0. The Hall–Kier alpha value is -1.31. The van der Waals surface area contributed by atoms with Crippen LogP contribution in [0, 0.1) is 22.7 Å². The molecule has 122 valence electrons. The van der Waals surface area contributed by atoms with Crippen LogP contribution in [0.25, 0.3) is 0 Å². The normalized spacial score (nSPS) is 39.2. The number of carboxylic acids is 1. The van der Waals surface area contributed by atoms with Crippen LogP contribution in [-0.2, 0) is 4.79 Å². The summed E-state index contributed by atoms with van der Waals surface area (Å²) in [5.41, 5.74) is 1.97. The van der Waals surface area contributed by atoms with Crippen LogP contribution in [0.15, 0.2) is 36.5 Å². The molecule has 2 aliphatic carbocycles. The molecule has 2 fully saturated rings. The van der Waals surface area contributed by atoms with E-state index >= 15 is 0 Å². The highest BCUT2D eigenvalue weighted by Crippen LogP contribution is 2.61. The van der Waals surface area contributed by atoms with Crippen molar-refractivity contribution in [3.63, 3.8) is 0 Å². The maximum atomic E-state index is 11.9. The fourth-order valence-electron chi connectivity index (χ4n) is 5.03. The number of fused-ring (bicyclic) bond motifs is 1. The van der Waals surface area contributed by atoms with E-state index in [9.17, 15) is 9.90 Å². The maximum absolute atomic E-state index is 11.9. The quantitative estimate of drug-likeness (QED) is 0.559. The van der Waals surface area contributed by atoms with Crippen molar-refractivity contribution in [3.05, 3.63) is 36.5 Å². The van der Waals surface area contributed by atoms with E-state index in [-0.39, 0.29) is 11.3 Å². The molecule has 0 saturated heterocycles. The zero-order valence-corrected chi connectivity index (χ0v) is 14.3. The van der Waals surface area contributed by atoms with Crippen molar-refractivity contribution in [2.24, 2.45) is 22.7 Å². The number of hydrogen-bond acceptors (Lipinski definition) is 1. The minimum absolute atomic E-state index is 0.0542. The molecule has 0 heterocycles. The predicted octanol–water partition coefficient (Wildman–Crippen LogP) is 5.37. The van der Waals surface area contributed by atoms with Gasteiger partial charge >= 0.3 is 5.97 Å². The molecular formula is C20H30O2. The van der Waals surface area contributed by atoms with Gasteiger partial charge in [0.05, 0.1) is 5.41 Å². The number of carbonyl (C=O) groups is 1. The fraction of sp³-hybridized carbons (Fsp3) is 0.650. The van der Waals surface area contributed by atoms with Crippen molar-refractivity contribution in [1.29, 1.82) is 0 Å². The molecule has 0 aromatic heterocycles. The van der Waals surface area contributed by atoms with E-state index in [1.54, 1.807) is 0 Å². The highest BCUT2D eigenvalue weighted by atomic mass is 16.4. The lowest BCUT2D eigenvalue weighted by Crippen LogP contribution is -2.53.